The molecule has 0 saturated carbocycles. The van der Waals surface area contributed by atoms with E-state index in [4.69, 9.17) is 5.26 Å². The zero-order valence-corrected chi connectivity index (χ0v) is 14.6. The smallest absolute Gasteiger partial charge is 0.227 e. The maximum atomic E-state index is 12.9. The van der Waals surface area contributed by atoms with Gasteiger partial charge in [0.05, 0.1) is 18.1 Å². The molecule has 0 atom stereocenters. The molecule has 0 fully saturated rings. The number of benzene rings is 3. The molecule has 1 amide bonds. The van der Waals surface area contributed by atoms with Gasteiger partial charge in [0.2, 0.25) is 5.91 Å². The third-order valence-corrected chi connectivity index (χ3v) is 4.38. The van der Waals surface area contributed by atoms with Crippen molar-refractivity contribution < 1.29 is 4.79 Å². The van der Waals surface area contributed by atoms with Gasteiger partial charge in [-0.25, -0.2) is 0 Å². The minimum absolute atomic E-state index is 0.0608. The third kappa shape index (κ3) is 3.99. The Kier molecular flexibility index (Phi) is 5.46. The van der Waals surface area contributed by atoms with Crippen LogP contribution in [0.3, 0.4) is 0 Å². The quantitative estimate of drug-likeness (QED) is 0.622. The van der Waals surface area contributed by atoms with Gasteiger partial charge >= 0.3 is 0 Å². The van der Waals surface area contributed by atoms with Crippen molar-refractivity contribution in [1.82, 2.24) is 4.90 Å². The number of hydrogen-bond acceptors (Lipinski definition) is 2. The van der Waals surface area contributed by atoms with Crippen LogP contribution in [-0.4, -0.2) is 17.4 Å². The Morgan fingerprint density at radius 3 is 2.50 bits per heavy atom. The standard InChI is InChI=1S/C23H20N2O/c1-2-14-25(17-19-12-10-18(16-24)11-13-19)23(26)15-21-8-5-7-20-6-3-4-9-22(20)21/h2-13H,1,14-15,17H2. The number of nitrogens with zero attached hydrogens (tertiary/aromatic N) is 2. The summed E-state index contributed by atoms with van der Waals surface area (Å²) in [6, 6.07) is 23.6. The lowest BCUT2D eigenvalue weighted by Gasteiger charge is -2.22. The Bertz CT molecular complexity index is 962. The van der Waals surface area contributed by atoms with Crippen molar-refractivity contribution in [1.29, 1.82) is 5.26 Å². The van der Waals surface area contributed by atoms with E-state index in [-0.39, 0.29) is 5.91 Å². The van der Waals surface area contributed by atoms with E-state index < -0.39 is 0 Å². The molecule has 128 valence electrons. The molecule has 0 radical (unpaired) electrons. The molecule has 0 saturated heterocycles. The Morgan fingerprint density at radius 2 is 1.77 bits per heavy atom. The molecule has 0 N–H and O–H groups in total. The molecule has 0 aromatic heterocycles. The zero-order chi connectivity index (χ0) is 18.4. The van der Waals surface area contributed by atoms with E-state index in [1.807, 2.05) is 36.4 Å². The highest BCUT2D eigenvalue weighted by molar-refractivity contribution is 5.90. The minimum Gasteiger partial charge on any atom is -0.334 e. The van der Waals surface area contributed by atoms with Gasteiger partial charge in [0.15, 0.2) is 0 Å². The van der Waals surface area contributed by atoms with E-state index >= 15 is 0 Å². The largest absolute Gasteiger partial charge is 0.334 e. The lowest BCUT2D eigenvalue weighted by molar-refractivity contribution is -0.130. The van der Waals surface area contributed by atoms with Crippen molar-refractivity contribution in [2.24, 2.45) is 0 Å². The van der Waals surface area contributed by atoms with E-state index in [0.717, 1.165) is 21.9 Å². The highest BCUT2D eigenvalue weighted by atomic mass is 16.2. The average molecular weight is 340 g/mol. The van der Waals surface area contributed by atoms with Crippen molar-refractivity contribution in [3.63, 3.8) is 0 Å². The van der Waals surface area contributed by atoms with Crippen molar-refractivity contribution in [3.05, 3.63) is 96.1 Å². The van der Waals surface area contributed by atoms with Crippen LogP contribution in [0.4, 0.5) is 0 Å². The first-order valence-corrected chi connectivity index (χ1v) is 8.55. The van der Waals surface area contributed by atoms with Crippen LogP contribution in [-0.2, 0) is 17.8 Å². The molecule has 3 heteroatoms. The molecule has 0 unspecified atom stereocenters. The van der Waals surface area contributed by atoms with E-state index in [0.29, 0.717) is 25.1 Å². The van der Waals surface area contributed by atoms with Gasteiger partial charge in [0, 0.05) is 13.1 Å². The van der Waals surface area contributed by atoms with Crippen molar-refractivity contribution in [2.75, 3.05) is 6.54 Å². The average Bonchev–Trinajstić information content (AvgIpc) is 2.68. The summed E-state index contributed by atoms with van der Waals surface area (Å²) in [5.41, 5.74) is 2.64. The first kappa shape index (κ1) is 17.4. The van der Waals surface area contributed by atoms with Crippen LogP contribution in [0.1, 0.15) is 16.7 Å². The maximum Gasteiger partial charge on any atom is 0.227 e. The highest BCUT2D eigenvalue weighted by Gasteiger charge is 2.15. The van der Waals surface area contributed by atoms with Gasteiger partial charge in [0.25, 0.3) is 0 Å². The Morgan fingerprint density at radius 1 is 1.04 bits per heavy atom. The van der Waals surface area contributed by atoms with Crippen molar-refractivity contribution in [2.45, 2.75) is 13.0 Å². The summed E-state index contributed by atoms with van der Waals surface area (Å²) in [7, 11) is 0. The van der Waals surface area contributed by atoms with Gasteiger partial charge in [-0.3, -0.25) is 4.79 Å². The summed E-state index contributed by atoms with van der Waals surface area (Å²) in [6.07, 6.45) is 2.09. The number of amides is 1. The third-order valence-electron chi connectivity index (χ3n) is 4.38. The minimum atomic E-state index is 0.0608. The molecule has 3 aromatic rings. The summed E-state index contributed by atoms with van der Waals surface area (Å²) in [6.45, 7) is 4.76. The molecule has 3 rings (SSSR count). The summed E-state index contributed by atoms with van der Waals surface area (Å²) in [5, 5.41) is 11.2. The molecular formula is C23H20N2O. The van der Waals surface area contributed by atoms with Crippen molar-refractivity contribution >= 4 is 16.7 Å². The summed E-state index contributed by atoms with van der Waals surface area (Å²) < 4.78 is 0. The monoisotopic (exact) mass is 340 g/mol. The van der Waals surface area contributed by atoms with Crippen LogP contribution >= 0.6 is 0 Å². The molecule has 0 aliphatic heterocycles. The fourth-order valence-electron chi connectivity index (χ4n) is 3.04. The van der Waals surface area contributed by atoms with E-state index in [2.05, 4.69) is 30.8 Å². The number of carbonyl (C=O) groups excluding carboxylic acids is 1. The second kappa shape index (κ2) is 8.13. The van der Waals surface area contributed by atoms with Crippen LogP contribution in [0, 0.1) is 11.3 Å². The van der Waals surface area contributed by atoms with Crippen LogP contribution in [0.25, 0.3) is 10.8 Å². The van der Waals surface area contributed by atoms with E-state index in [1.54, 1.807) is 23.1 Å². The van der Waals surface area contributed by atoms with Gasteiger partial charge in [-0.05, 0) is 34.0 Å². The molecule has 3 nitrogen and oxygen atoms in total. The topological polar surface area (TPSA) is 44.1 Å². The Hall–Kier alpha value is -3.38. The summed E-state index contributed by atoms with van der Waals surface area (Å²) >= 11 is 0. The summed E-state index contributed by atoms with van der Waals surface area (Å²) in [5.74, 6) is 0.0608. The van der Waals surface area contributed by atoms with Gasteiger partial charge in [0.1, 0.15) is 0 Å². The number of rotatable bonds is 6. The van der Waals surface area contributed by atoms with Crippen molar-refractivity contribution in [3.8, 4) is 6.07 Å². The number of nitriles is 1. The lowest BCUT2D eigenvalue weighted by atomic mass is 10.0. The molecule has 3 aromatic carbocycles. The van der Waals surface area contributed by atoms with Gasteiger partial charge in [-0.1, -0.05) is 60.7 Å². The lowest BCUT2D eigenvalue weighted by Crippen LogP contribution is -2.32. The maximum absolute atomic E-state index is 12.9. The van der Waals surface area contributed by atoms with E-state index in [1.165, 1.54) is 0 Å². The predicted molar refractivity (Wildman–Crippen MR) is 104 cm³/mol. The highest BCUT2D eigenvalue weighted by Crippen LogP contribution is 2.20. The van der Waals surface area contributed by atoms with Gasteiger partial charge in [-0.2, -0.15) is 5.26 Å². The SMILES string of the molecule is C=CCN(Cc1ccc(C#N)cc1)C(=O)Cc1cccc2ccccc12. The first-order valence-electron chi connectivity index (χ1n) is 8.55. The fraction of sp³-hybridized carbons (Fsp3) is 0.130. The normalized spacial score (nSPS) is 10.3. The number of hydrogen-bond donors (Lipinski definition) is 0. The zero-order valence-electron chi connectivity index (χ0n) is 14.6. The fourth-order valence-corrected chi connectivity index (χ4v) is 3.04. The molecule has 0 heterocycles. The Labute approximate surface area is 153 Å². The second-order valence-corrected chi connectivity index (χ2v) is 6.19. The molecule has 0 aliphatic carbocycles. The van der Waals surface area contributed by atoms with Crippen LogP contribution < -0.4 is 0 Å². The predicted octanol–water partition coefficient (Wildman–Crippen LogP) is 4.47. The number of fused-ring (bicyclic) bond motifs is 1. The van der Waals surface area contributed by atoms with Gasteiger partial charge < -0.3 is 4.90 Å². The van der Waals surface area contributed by atoms with E-state index in [9.17, 15) is 4.79 Å². The molecule has 0 aliphatic rings. The van der Waals surface area contributed by atoms with Crippen LogP contribution in [0.2, 0.25) is 0 Å². The number of carbonyl (C=O) groups is 1. The first-order chi connectivity index (χ1) is 12.7. The molecular weight excluding hydrogens is 320 g/mol. The molecule has 0 bridgehead atoms. The van der Waals surface area contributed by atoms with Crippen LogP contribution in [0.5, 0.6) is 0 Å². The summed E-state index contributed by atoms with van der Waals surface area (Å²) in [4.78, 5) is 14.7. The second-order valence-electron chi connectivity index (χ2n) is 6.19. The Balaban J connectivity index is 1.79. The van der Waals surface area contributed by atoms with Crippen LogP contribution in [0.15, 0.2) is 79.4 Å². The van der Waals surface area contributed by atoms with Gasteiger partial charge in [-0.15, -0.1) is 6.58 Å². The molecule has 26 heavy (non-hydrogen) atoms. The molecule has 0 spiro atoms.